The normalized spacial score (nSPS) is 32.9. The third kappa shape index (κ3) is 4.18. The predicted molar refractivity (Wildman–Crippen MR) is 80.9 cm³/mol. The van der Waals surface area contributed by atoms with Crippen LogP contribution in [0.15, 0.2) is 0 Å². The fraction of sp³-hybridized carbons (Fsp3) is 0.938. The van der Waals surface area contributed by atoms with Crippen LogP contribution in [0.2, 0.25) is 0 Å². The molecule has 2 bridgehead atoms. The van der Waals surface area contributed by atoms with Gasteiger partial charge in [-0.05, 0) is 37.0 Å². The molecule has 0 aromatic heterocycles. The van der Waals surface area contributed by atoms with Crippen molar-refractivity contribution in [2.45, 2.75) is 44.3 Å². The molecule has 1 heterocycles. The third-order valence-corrected chi connectivity index (χ3v) is 5.79. The monoisotopic (exact) mass is 333 g/mol. The van der Waals surface area contributed by atoms with Gasteiger partial charge in [0.15, 0.2) is 0 Å². The minimum Gasteiger partial charge on any atom is -0.354 e. The molecular formula is C16H26F3N3O. The standard InChI is InChI=1S/C16H26F3N3O/c17-16(18,19)14(22-5-3-20-4-6-22)10-21-15(23)9-13-8-11-1-2-12(13)7-11/h11-14,20H,1-10H2,(H,21,23). The molecule has 4 atom stereocenters. The van der Waals surface area contributed by atoms with E-state index in [9.17, 15) is 18.0 Å². The van der Waals surface area contributed by atoms with Crippen LogP contribution >= 0.6 is 0 Å². The molecule has 2 aliphatic carbocycles. The topological polar surface area (TPSA) is 44.4 Å². The van der Waals surface area contributed by atoms with Gasteiger partial charge in [0.25, 0.3) is 0 Å². The largest absolute Gasteiger partial charge is 0.405 e. The Morgan fingerprint density at radius 3 is 2.52 bits per heavy atom. The van der Waals surface area contributed by atoms with Crippen molar-refractivity contribution in [1.82, 2.24) is 15.5 Å². The first-order valence-electron chi connectivity index (χ1n) is 8.71. The summed E-state index contributed by atoms with van der Waals surface area (Å²) in [6, 6.07) is -1.58. The maximum atomic E-state index is 13.3. The van der Waals surface area contributed by atoms with Crippen LogP contribution in [-0.4, -0.2) is 55.7 Å². The molecule has 0 aromatic rings. The average Bonchev–Trinajstić information content (AvgIpc) is 3.09. The Morgan fingerprint density at radius 2 is 1.96 bits per heavy atom. The molecule has 7 heteroatoms. The van der Waals surface area contributed by atoms with E-state index in [1.807, 2.05) is 0 Å². The Balaban J connectivity index is 1.48. The van der Waals surface area contributed by atoms with Gasteiger partial charge < -0.3 is 10.6 Å². The molecule has 3 rings (SSSR count). The molecule has 132 valence electrons. The Kier molecular flexibility index (Phi) is 5.16. The van der Waals surface area contributed by atoms with Crippen molar-refractivity contribution >= 4 is 5.91 Å². The van der Waals surface area contributed by atoms with E-state index >= 15 is 0 Å². The summed E-state index contributed by atoms with van der Waals surface area (Å²) >= 11 is 0. The van der Waals surface area contributed by atoms with Gasteiger partial charge in [0.05, 0.1) is 0 Å². The van der Waals surface area contributed by atoms with Crippen molar-refractivity contribution in [2.75, 3.05) is 32.7 Å². The molecule has 2 saturated carbocycles. The first-order chi connectivity index (χ1) is 10.9. The molecule has 3 aliphatic rings. The molecular weight excluding hydrogens is 307 g/mol. The van der Waals surface area contributed by atoms with Crippen molar-refractivity contribution in [3.8, 4) is 0 Å². The van der Waals surface area contributed by atoms with Gasteiger partial charge in [-0.3, -0.25) is 9.69 Å². The fourth-order valence-corrected chi connectivity index (χ4v) is 4.59. The number of rotatable bonds is 5. The van der Waals surface area contributed by atoms with E-state index in [-0.39, 0.29) is 12.5 Å². The smallest absolute Gasteiger partial charge is 0.354 e. The molecule has 1 saturated heterocycles. The number of carbonyl (C=O) groups is 1. The lowest BCUT2D eigenvalue weighted by Crippen LogP contribution is -2.57. The number of piperazine rings is 1. The molecule has 0 radical (unpaired) electrons. The van der Waals surface area contributed by atoms with Crippen molar-refractivity contribution in [3.05, 3.63) is 0 Å². The van der Waals surface area contributed by atoms with Gasteiger partial charge in [0, 0.05) is 39.1 Å². The van der Waals surface area contributed by atoms with Gasteiger partial charge in [-0.2, -0.15) is 13.2 Å². The molecule has 2 N–H and O–H groups in total. The quantitative estimate of drug-likeness (QED) is 0.806. The van der Waals surface area contributed by atoms with Crippen LogP contribution in [0.5, 0.6) is 0 Å². The zero-order valence-electron chi connectivity index (χ0n) is 13.4. The molecule has 3 fully saturated rings. The molecule has 4 nitrogen and oxygen atoms in total. The van der Waals surface area contributed by atoms with Crippen molar-refractivity contribution in [1.29, 1.82) is 0 Å². The van der Waals surface area contributed by atoms with E-state index in [1.54, 1.807) is 0 Å². The van der Waals surface area contributed by atoms with Crippen molar-refractivity contribution in [2.24, 2.45) is 17.8 Å². The molecule has 4 unspecified atom stereocenters. The number of nitrogens with zero attached hydrogens (tertiary/aromatic N) is 1. The summed E-state index contributed by atoms with van der Waals surface area (Å²) in [5.41, 5.74) is 0. The van der Waals surface area contributed by atoms with E-state index in [0.717, 1.165) is 12.3 Å². The minimum atomic E-state index is -4.31. The minimum absolute atomic E-state index is 0.216. The van der Waals surface area contributed by atoms with E-state index in [1.165, 1.54) is 24.2 Å². The van der Waals surface area contributed by atoms with Gasteiger partial charge in [0.2, 0.25) is 5.91 Å². The number of hydrogen-bond acceptors (Lipinski definition) is 3. The summed E-state index contributed by atoms with van der Waals surface area (Å²) in [6.45, 7) is 1.53. The molecule has 1 aliphatic heterocycles. The Hall–Kier alpha value is -0.820. The highest BCUT2D eigenvalue weighted by Gasteiger charge is 2.44. The zero-order valence-corrected chi connectivity index (χ0v) is 13.4. The summed E-state index contributed by atoms with van der Waals surface area (Å²) in [4.78, 5) is 13.5. The number of alkyl halides is 3. The van der Waals surface area contributed by atoms with Crippen LogP contribution in [0.3, 0.4) is 0 Å². The van der Waals surface area contributed by atoms with E-state index in [2.05, 4.69) is 10.6 Å². The highest BCUT2D eigenvalue weighted by Crippen LogP contribution is 2.49. The fourth-order valence-electron chi connectivity index (χ4n) is 4.59. The van der Waals surface area contributed by atoms with E-state index in [4.69, 9.17) is 0 Å². The van der Waals surface area contributed by atoms with Gasteiger partial charge in [-0.25, -0.2) is 0 Å². The van der Waals surface area contributed by atoms with Gasteiger partial charge in [0.1, 0.15) is 6.04 Å². The van der Waals surface area contributed by atoms with Gasteiger partial charge >= 0.3 is 6.18 Å². The second-order valence-corrected chi connectivity index (χ2v) is 7.29. The summed E-state index contributed by atoms with van der Waals surface area (Å²) in [6.07, 6.45) is 0.837. The Morgan fingerprint density at radius 1 is 1.22 bits per heavy atom. The maximum absolute atomic E-state index is 13.3. The second kappa shape index (κ2) is 6.97. The number of halogens is 3. The van der Waals surface area contributed by atoms with Crippen molar-refractivity contribution < 1.29 is 18.0 Å². The van der Waals surface area contributed by atoms with Crippen LogP contribution in [0, 0.1) is 17.8 Å². The van der Waals surface area contributed by atoms with Gasteiger partial charge in [-0.1, -0.05) is 6.42 Å². The van der Waals surface area contributed by atoms with Gasteiger partial charge in [-0.15, -0.1) is 0 Å². The second-order valence-electron chi connectivity index (χ2n) is 7.29. The maximum Gasteiger partial charge on any atom is 0.405 e. The number of fused-ring (bicyclic) bond motifs is 2. The highest BCUT2D eigenvalue weighted by molar-refractivity contribution is 5.76. The number of nitrogens with one attached hydrogen (secondary N) is 2. The highest BCUT2D eigenvalue weighted by atomic mass is 19.4. The first-order valence-corrected chi connectivity index (χ1v) is 8.71. The van der Waals surface area contributed by atoms with E-state index < -0.39 is 12.2 Å². The lowest BCUT2D eigenvalue weighted by atomic mass is 9.86. The number of amides is 1. The first kappa shape index (κ1) is 17.0. The lowest BCUT2D eigenvalue weighted by molar-refractivity contribution is -0.184. The zero-order chi connectivity index (χ0) is 16.4. The molecule has 23 heavy (non-hydrogen) atoms. The summed E-state index contributed by atoms with van der Waals surface area (Å²) in [5, 5.41) is 5.61. The Labute approximate surface area is 135 Å². The number of hydrogen-bond donors (Lipinski definition) is 2. The van der Waals surface area contributed by atoms with Crippen LogP contribution in [0.25, 0.3) is 0 Å². The Bertz CT molecular complexity index is 423. The summed E-state index contributed by atoms with van der Waals surface area (Å²) in [5.74, 6) is 1.54. The molecule has 0 spiro atoms. The summed E-state index contributed by atoms with van der Waals surface area (Å²) < 4.78 is 39.8. The van der Waals surface area contributed by atoms with Crippen molar-refractivity contribution in [3.63, 3.8) is 0 Å². The third-order valence-electron chi connectivity index (χ3n) is 5.79. The average molecular weight is 333 g/mol. The SMILES string of the molecule is O=C(CC1CC2CCC1C2)NCC(N1CCNCC1)C(F)(F)F. The predicted octanol–water partition coefficient (Wildman–Crippen LogP) is 1.76. The van der Waals surface area contributed by atoms with Crippen LogP contribution in [0.1, 0.15) is 32.1 Å². The summed E-state index contributed by atoms with van der Waals surface area (Å²) in [7, 11) is 0. The molecule has 1 amide bonds. The van der Waals surface area contributed by atoms with Crippen LogP contribution < -0.4 is 10.6 Å². The molecule has 0 aromatic carbocycles. The number of carbonyl (C=O) groups excluding carboxylic acids is 1. The van der Waals surface area contributed by atoms with Crippen LogP contribution in [-0.2, 0) is 4.79 Å². The van der Waals surface area contributed by atoms with Crippen LogP contribution in [0.4, 0.5) is 13.2 Å². The van der Waals surface area contributed by atoms with E-state index in [0.29, 0.717) is 44.4 Å². The lowest BCUT2D eigenvalue weighted by Gasteiger charge is -2.36.